The van der Waals surface area contributed by atoms with Gasteiger partial charge in [-0.25, -0.2) is 0 Å². The molecular formula is C19H20O5. The molecule has 1 N–H and O–H groups in total. The maximum absolute atomic E-state index is 12.4. The summed E-state index contributed by atoms with van der Waals surface area (Å²) in [5, 5.41) is 9.83. The third-order valence-electron chi connectivity index (χ3n) is 3.55. The minimum absolute atomic E-state index is 0.120. The number of hydrogen-bond donors (Lipinski definition) is 1. The number of aryl methyl sites for hydroxylation is 1. The van der Waals surface area contributed by atoms with Gasteiger partial charge in [0, 0.05) is 11.1 Å². The van der Waals surface area contributed by atoms with E-state index in [1.54, 1.807) is 36.4 Å². The molecule has 24 heavy (non-hydrogen) atoms. The van der Waals surface area contributed by atoms with E-state index in [1.807, 2.05) is 6.92 Å². The van der Waals surface area contributed by atoms with E-state index in [1.165, 1.54) is 27.4 Å². The normalized spacial score (nSPS) is 10.7. The van der Waals surface area contributed by atoms with Crippen LogP contribution in [0.3, 0.4) is 0 Å². The predicted molar refractivity (Wildman–Crippen MR) is 92.3 cm³/mol. The monoisotopic (exact) mass is 328 g/mol. The Morgan fingerprint density at radius 1 is 1.00 bits per heavy atom. The Kier molecular flexibility index (Phi) is 5.47. The van der Waals surface area contributed by atoms with Crippen LogP contribution in [0.15, 0.2) is 36.4 Å². The number of phenols is 1. The van der Waals surface area contributed by atoms with E-state index in [9.17, 15) is 9.90 Å². The first-order valence-electron chi connectivity index (χ1n) is 7.32. The third kappa shape index (κ3) is 3.68. The highest BCUT2D eigenvalue weighted by molar-refractivity contribution is 6.07. The smallest absolute Gasteiger partial charge is 0.203 e. The Morgan fingerprint density at radius 3 is 2.17 bits per heavy atom. The van der Waals surface area contributed by atoms with Gasteiger partial charge in [0.15, 0.2) is 17.3 Å². The molecule has 0 fully saturated rings. The van der Waals surface area contributed by atoms with Crippen molar-refractivity contribution in [1.29, 1.82) is 0 Å². The third-order valence-corrected chi connectivity index (χ3v) is 3.55. The summed E-state index contributed by atoms with van der Waals surface area (Å²) in [4.78, 5) is 12.4. The predicted octanol–water partition coefficient (Wildman–Crippen LogP) is 3.62. The van der Waals surface area contributed by atoms with Gasteiger partial charge in [0.1, 0.15) is 5.75 Å². The molecule has 2 rings (SSSR count). The molecular weight excluding hydrogens is 308 g/mol. The maximum Gasteiger partial charge on any atom is 0.203 e. The van der Waals surface area contributed by atoms with Gasteiger partial charge in [0.05, 0.1) is 21.3 Å². The van der Waals surface area contributed by atoms with Crippen LogP contribution < -0.4 is 14.2 Å². The fourth-order valence-electron chi connectivity index (χ4n) is 2.29. The number of phenolic OH excluding ortho intramolecular Hbond substituents is 1. The number of hydrogen-bond acceptors (Lipinski definition) is 5. The van der Waals surface area contributed by atoms with Crippen molar-refractivity contribution in [3.63, 3.8) is 0 Å². The molecule has 0 aliphatic heterocycles. The second-order valence-electron chi connectivity index (χ2n) is 5.17. The van der Waals surface area contributed by atoms with Gasteiger partial charge in [0.25, 0.3) is 0 Å². The van der Waals surface area contributed by atoms with Gasteiger partial charge in [-0.3, -0.25) is 4.79 Å². The van der Waals surface area contributed by atoms with E-state index in [0.29, 0.717) is 28.4 Å². The molecule has 0 atom stereocenters. The van der Waals surface area contributed by atoms with Crippen LogP contribution in [0, 0.1) is 6.92 Å². The fourth-order valence-corrected chi connectivity index (χ4v) is 2.29. The summed E-state index contributed by atoms with van der Waals surface area (Å²) in [5.74, 6) is 1.13. The summed E-state index contributed by atoms with van der Waals surface area (Å²) in [6.07, 6.45) is 2.98. The SMILES string of the molecule is COc1cc(C(=O)/C=C/c2cc(C)ccc2O)cc(OC)c1OC. The highest BCUT2D eigenvalue weighted by atomic mass is 16.5. The molecule has 5 nitrogen and oxygen atoms in total. The summed E-state index contributed by atoms with van der Waals surface area (Å²) in [6, 6.07) is 8.37. The average Bonchev–Trinajstić information content (AvgIpc) is 2.60. The standard InChI is InChI=1S/C19H20O5/c1-12-5-7-15(20)13(9-12)6-8-16(21)14-10-17(22-2)19(24-4)18(11-14)23-3/h5-11,20H,1-4H3/b8-6+. The number of benzene rings is 2. The van der Waals surface area contributed by atoms with Crippen molar-refractivity contribution in [2.45, 2.75) is 6.92 Å². The average molecular weight is 328 g/mol. The van der Waals surface area contributed by atoms with Gasteiger partial charge in [-0.15, -0.1) is 0 Å². The van der Waals surface area contributed by atoms with Gasteiger partial charge in [-0.2, -0.15) is 0 Å². The zero-order valence-electron chi connectivity index (χ0n) is 14.1. The lowest BCUT2D eigenvalue weighted by Crippen LogP contribution is -2.00. The Balaban J connectivity index is 2.36. The molecule has 2 aromatic carbocycles. The van der Waals surface area contributed by atoms with Gasteiger partial charge < -0.3 is 19.3 Å². The molecule has 0 unspecified atom stereocenters. The Bertz CT molecular complexity index is 752. The van der Waals surface area contributed by atoms with Crippen molar-refractivity contribution in [2.75, 3.05) is 21.3 Å². The van der Waals surface area contributed by atoms with Crippen LogP contribution in [-0.2, 0) is 0 Å². The van der Waals surface area contributed by atoms with Crippen molar-refractivity contribution in [2.24, 2.45) is 0 Å². The lowest BCUT2D eigenvalue weighted by molar-refractivity contribution is 0.104. The number of methoxy groups -OCH3 is 3. The summed E-state index contributed by atoms with van der Waals surface area (Å²) >= 11 is 0. The summed E-state index contributed by atoms with van der Waals surface area (Å²) in [6.45, 7) is 1.91. The summed E-state index contributed by atoms with van der Waals surface area (Å²) in [5.41, 5.74) is 1.97. The van der Waals surface area contributed by atoms with Crippen LogP contribution in [0.4, 0.5) is 0 Å². The molecule has 0 radical (unpaired) electrons. The van der Waals surface area contributed by atoms with E-state index >= 15 is 0 Å². The molecule has 5 heteroatoms. The van der Waals surface area contributed by atoms with Crippen LogP contribution in [0.25, 0.3) is 6.08 Å². The first kappa shape index (κ1) is 17.4. The number of carbonyl (C=O) groups excluding carboxylic acids is 1. The topological polar surface area (TPSA) is 65.0 Å². The molecule has 0 heterocycles. The second kappa shape index (κ2) is 7.55. The number of ketones is 1. The Hall–Kier alpha value is -2.95. The van der Waals surface area contributed by atoms with Crippen LogP contribution >= 0.6 is 0 Å². The van der Waals surface area contributed by atoms with Gasteiger partial charge >= 0.3 is 0 Å². The zero-order valence-corrected chi connectivity index (χ0v) is 14.1. The van der Waals surface area contributed by atoms with Crippen LogP contribution in [0.1, 0.15) is 21.5 Å². The zero-order chi connectivity index (χ0) is 17.7. The molecule has 0 saturated heterocycles. The largest absolute Gasteiger partial charge is 0.507 e. The molecule has 0 aromatic heterocycles. The van der Waals surface area contributed by atoms with Crippen LogP contribution in [0.2, 0.25) is 0 Å². The van der Waals surface area contributed by atoms with E-state index in [0.717, 1.165) is 5.56 Å². The van der Waals surface area contributed by atoms with Crippen molar-refractivity contribution in [3.05, 3.63) is 53.1 Å². The fraction of sp³-hybridized carbons (Fsp3) is 0.211. The van der Waals surface area contributed by atoms with E-state index in [4.69, 9.17) is 14.2 Å². The lowest BCUT2D eigenvalue weighted by atomic mass is 10.1. The molecule has 0 aliphatic carbocycles. The van der Waals surface area contributed by atoms with Gasteiger partial charge in [0.2, 0.25) is 5.75 Å². The number of aromatic hydroxyl groups is 1. The number of allylic oxidation sites excluding steroid dienone is 1. The van der Waals surface area contributed by atoms with E-state index < -0.39 is 0 Å². The number of ether oxygens (including phenoxy) is 3. The first-order valence-corrected chi connectivity index (χ1v) is 7.32. The number of carbonyl (C=O) groups is 1. The number of rotatable bonds is 6. The molecule has 0 bridgehead atoms. The minimum Gasteiger partial charge on any atom is -0.507 e. The highest BCUT2D eigenvalue weighted by Crippen LogP contribution is 2.38. The first-order chi connectivity index (χ1) is 11.5. The Morgan fingerprint density at radius 2 is 1.62 bits per heavy atom. The van der Waals surface area contributed by atoms with Crippen molar-refractivity contribution in [1.82, 2.24) is 0 Å². The van der Waals surface area contributed by atoms with Gasteiger partial charge in [-0.05, 0) is 43.3 Å². The minimum atomic E-state index is -0.241. The maximum atomic E-state index is 12.4. The second-order valence-corrected chi connectivity index (χ2v) is 5.17. The van der Waals surface area contributed by atoms with E-state index in [-0.39, 0.29) is 11.5 Å². The highest BCUT2D eigenvalue weighted by Gasteiger charge is 2.15. The molecule has 0 saturated carbocycles. The van der Waals surface area contributed by atoms with E-state index in [2.05, 4.69) is 0 Å². The van der Waals surface area contributed by atoms with Gasteiger partial charge in [-0.1, -0.05) is 11.6 Å². The molecule has 0 amide bonds. The van der Waals surface area contributed by atoms with Crippen LogP contribution in [-0.4, -0.2) is 32.2 Å². The molecule has 0 spiro atoms. The van der Waals surface area contributed by atoms with Crippen molar-refractivity contribution in [3.8, 4) is 23.0 Å². The Labute approximate surface area is 141 Å². The summed E-state index contributed by atoms with van der Waals surface area (Å²) in [7, 11) is 4.49. The van der Waals surface area contributed by atoms with Crippen molar-refractivity contribution >= 4 is 11.9 Å². The molecule has 0 aliphatic rings. The van der Waals surface area contributed by atoms with Crippen LogP contribution in [0.5, 0.6) is 23.0 Å². The lowest BCUT2D eigenvalue weighted by Gasteiger charge is -2.13. The molecule has 126 valence electrons. The molecule has 2 aromatic rings. The van der Waals surface area contributed by atoms with Crippen molar-refractivity contribution < 1.29 is 24.1 Å². The summed E-state index contributed by atoms with van der Waals surface area (Å²) < 4.78 is 15.7. The quantitative estimate of drug-likeness (QED) is 0.648.